The van der Waals surface area contributed by atoms with Gasteiger partial charge in [0.1, 0.15) is 5.75 Å². The second-order valence-electron chi connectivity index (χ2n) is 7.65. The third kappa shape index (κ3) is 4.25. The Morgan fingerprint density at radius 1 is 1.10 bits per heavy atom. The van der Waals surface area contributed by atoms with E-state index in [0.29, 0.717) is 18.5 Å². The minimum Gasteiger partial charge on any atom is -0.497 e. The topological polar surface area (TPSA) is 55.8 Å². The summed E-state index contributed by atoms with van der Waals surface area (Å²) in [4.78, 5) is 27.8. The van der Waals surface area contributed by atoms with Gasteiger partial charge in [-0.1, -0.05) is 42.8 Å². The number of methoxy groups -OCH3 is 2. The van der Waals surface area contributed by atoms with Gasteiger partial charge in [-0.3, -0.25) is 4.79 Å². The number of benzene rings is 2. The lowest BCUT2D eigenvalue weighted by atomic mass is 9.80. The van der Waals surface area contributed by atoms with Crippen LogP contribution in [0.2, 0.25) is 0 Å². The van der Waals surface area contributed by atoms with Crippen LogP contribution in [-0.4, -0.2) is 31.0 Å². The number of amides is 1. The fourth-order valence-electron chi connectivity index (χ4n) is 4.13. The predicted molar refractivity (Wildman–Crippen MR) is 116 cm³/mol. The summed E-state index contributed by atoms with van der Waals surface area (Å²) in [6.45, 7) is 6.42. The molecule has 1 amide bonds. The van der Waals surface area contributed by atoms with E-state index < -0.39 is 0 Å². The monoisotopic (exact) mass is 407 g/mol. The van der Waals surface area contributed by atoms with Crippen molar-refractivity contribution in [2.45, 2.75) is 46.1 Å². The van der Waals surface area contributed by atoms with Crippen LogP contribution >= 0.6 is 0 Å². The number of allylic oxidation sites excluding steroid dienone is 1. The number of nitrogens with zero attached hydrogens (tertiary/aromatic N) is 1. The first-order valence-corrected chi connectivity index (χ1v) is 10.2. The largest absolute Gasteiger partial charge is 0.497 e. The highest BCUT2D eigenvalue weighted by Gasteiger charge is 2.38. The third-order valence-electron chi connectivity index (χ3n) is 5.72. The lowest BCUT2D eigenvalue weighted by molar-refractivity contribution is -0.138. The minimum absolute atomic E-state index is 0.0150. The first-order chi connectivity index (χ1) is 14.4. The Morgan fingerprint density at radius 2 is 1.80 bits per heavy atom. The van der Waals surface area contributed by atoms with E-state index in [0.717, 1.165) is 33.7 Å². The molecule has 0 N–H and O–H groups in total. The zero-order valence-corrected chi connectivity index (χ0v) is 18.3. The zero-order chi connectivity index (χ0) is 21.8. The maximum Gasteiger partial charge on any atom is 0.336 e. The van der Waals surface area contributed by atoms with E-state index in [1.54, 1.807) is 12.0 Å². The summed E-state index contributed by atoms with van der Waals surface area (Å²) < 4.78 is 10.4. The smallest absolute Gasteiger partial charge is 0.336 e. The molecule has 1 heterocycles. The number of ether oxygens (including phenoxy) is 2. The highest BCUT2D eigenvalue weighted by Crippen LogP contribution is 2.40. The van der Waals surface area contributed by atoms with Crippen molar-refractivity contribution in [1.29, 1.82) is 0 Å². The average Bonchev–Trinajstić information content (AvgIpc) is 2.76. The Kier molecular flexibility index (Phi) is 6.60. The molecule has 0 saturated heterocycles. The van der Waals surface area contributed by atoms with Crippen LogP contribution in [0.25, 0.3) is 0 Å². The van der Waals surface area contributed by atoms with Crippen LogP contribution in [0.4, 0.5) is 0 Å². The van der Waals surface area contributed by atoms with Gasteiger partial charge in [0, 0.05) is 18.0 Å². The van der Waals surface area contributed by atoms with Crippen molar-refractivity contribution < 1.29 is 19.1 Å². The molecule has 1 unspecified atom stereocenters. The first-order valence-electron chi connectivity index (χ1n) is 10.2. The number of rotatable bonds is 6. The van der Waals surface area contributed by atoms with E-state index in [1.165, 1.54) is 7.11 Å². The van der Waals surface area contributed by atoms with Crippen molar-refractivity contribution in [3.8, 4) is 5.75 Å². The summed E-state index contributed by atoms with van der Waals surface area (Å²) in [5, 5.41) is 0. The lowest BCUT2D eigenvalue weighted by Gasteiger charge is -2.36. The fourth-order valence-corrected chi connectivity index (χ4v) is 4.13. The van der Waals surface area contributed by atoms with Gasteiger partial charge in [-0.2, -0.15) is 0 Å². The molecule has 0 fully saturated rings. The van der Waals surface area contributed by atoms with Crippen molar-refractivity contribution in [2.24, 2.45) is 0 Å². The Labute approximate surface area is 178 Å². The van der Waals surface area contributed by atoms with Crippen molar-refractivity contribution in [3.05, 3.63) is 76.0 Å². The second kappa shape index (κ2) is 9.16. The molecule has 30 heavy (non-hydrogen) atoms. The summed E-state index contributed by atoms with van der Waals surface area (Å²) in [5.74, 6) is 0.110. The quantitative estimate of drug-likeness (QED) is 0.653. The molecular weight excluding hydrogens is 378 g/mol. The fraction of sp³-hybridized carbons (Fsp3) is 0.360. The summed E-state index contributed by atoms with van der Waals surface area (Å²) in [6.07, 6.45) is 0.808. The van der Waals surface area contributed by atoms with Gasteiger partial charge in [0.2, 0.25) is 5.91 Å². The summed E-state index contributed by atoms with van der Waals surface area (Å²) >= 11 is 0. The van der Waals surface area contributed by atoms with Crippen LogP contribution in [0.3, 0.4) is 0 Å². The maximum absolute atomic E-state index is 13.2. The molecule has 1 aliphatic rings. The van der Waals surface area contributed by atoms with Gasteiger partial charge in [0.25, 0.3) is 0 Å². The van der Waals surface area contributed by atoms with Crippen molar-refractivity contribution >= 4 is 11.9 Å². The second-order valence-corrected chi connectivity index (χ2v) is 7.65. The van der Waals surface area contributed by atoms with Crippen molar-refractivity contribution in [3.63, 3.8) is 0 Å². The normalized spacial score (nSPS) is 16.6. The highest BCUT2D eigenvalue weighted by atomic mass is 16.5. The average molecular weight is 408 g/mol. The van der Waals surface area contributed by atoms with Gasteiger partial charge < -0.3 is 14.4 Å². The SMILES string of the molecule is CCC1=C(C(=O)OC)C(c2cc(C)ccc2C)CC(=O)N1Cc1ccc(OC)cc1. The molecule has 1 aliphatic heterocycles. The number of hydrogen-bond acceptors (Lipinski definition) is 4. The minimum atomic E-state index is -0.370. The standard InChI is InChI=1S/C25H29NO4/c1-6-22-24(25(28)30-5)21(20-13-16(2)7-8-17(20)3)14-23(27)26(22)15-18-9-11-19(29-4)12-10-18/h7-13,21H,6,14-15H2,1-5H3. The van der Waals surface area contributed by atoms with E-state index in [4.69, 9.17) is 9.47 Å². The molecule has 5 nitrogen and oxygen atoms in total. The number of esters is 1. The predicted octanol–water partition coefficient (Wildman–Crippen LogP) is 4.67. The van der Waals surface area contributed by atoms with Crippen LogP contribution < -0.4 is 4.74 Å². The van der Waals surface area contributed by atoms with Crippen LogP contribution in [0, 0.1) is 13.8 Å². The number of aryl methyl sites for hydroxylation is 2. The maximum atomic E-state index is 13.2. The number of carbonyl (C=O) groups excluding carboxylic acids is 2. The molecule has 0 radical (unpaired) electrons. The van der Waals surface area contributed by atoms with E-state index in [-0.39, 0.29) is 24.2 Å². The molecule has 0 bridgehead atoms. The molecule has 5 heteroatoms. The Hall–Kier alpha value is -3.08. The van der Waals surface area contributed by atoms with Crippen molar-refractivity contribution in [1.82, 2.24) is 4.90 Å². The molecule has 3 rings (SSSR count). The van der Waals surface area contributed by atoms with Gasteiger partial charge in [0.15, 0.2) is 0 Å². The van der Waals surface area contributed by atoms with E-state index in [1.807, 2.05) is 57.2 Å². The summed E-state index contributed by atoms with van der Waals surface area (Å²) in [5.41, 5.74) is 5.48. The van der Waals surface area contributed by atoms with Gasteiger partial charge in [-0.05, 0) is 49.1 Å². The Balaban J connectivity index is 2.08. The molecule has 0 aliphatic carbocycles. The summed E-state index contributed by atoms with van der Waals surface area (Å²) in [6, 6.07) is 13.8. The highest BCUT2D eigenvalue weighted by molar-refractivity contribution is 5.96. The van der Waals surface area contributed by atoms with Gasteiger partial charge >= 0.3 is 5.97 Å². The van der Waals surface area contributed by atoms with E-state index in [9.17, 15) is 9.59 Å². The molecule has 0 spiro atoms. The third-order valence-corrected chi connectivity index (χ3v) is 5.72. The lowest BCUT2D eigenvalue weighted by Crippen LogP contribution is -2.38. The van der Waals surface area contributed by atoms with Gasteiger partial charge in [-0.25, -0.2) is 4.79 Å². The molecule has 0 saturated carbocycles. The van der Waals surface area contributed by atoms with Gasteiger partial charge in [0.05, 0.1) is 26.3 Å². The number of hydrogen-bond donors (Lipinski definition) is 0. The van der Waals surface area contributed by atoms with E-state index >= 15 is 0 Å². The van der Waals surface area contributed by atoms with Crippen LogP contribution in [0.5, 0.6) is 5.75 Å². The van der Waals surface area contributed by atoms with E-state index in [2.05, 4.69) is 6.07 Å². The van der Waals surface area contributed by atoms with Gasteiger partial charge in [-0.15, -0.1) is 0 Å². The van der Waals surface area contributed by atoms with Crippen LogP contribution in [0.1, 0.15) is 47.9 Å². The zero-order valence-electron chi connectivity index (χ0n) is 18.3. The molecular formula is C25H29NO4. The van der Waals surface area contributed by atoms with Crippen molar-refractivity contribution in [2.75, 3.05) is 14.2 Å². The van der Waals surface area contributed by atoms with Crippen LogP contribution in [-0.2, 0) is 20.9 Å². The number of carbonyl (C=O) groups is 2. The molecule has 2 aromatic rings. The Morgan fingerprint density at radius 3 is 2.40 bits per heavy atom. The molecule has 2 aromatic carbocycles. The summed E-state index contributed by atoms with van der Waals surface area (Å²) in [7, 11) is 3.02. The Bertz CT molecular complexity index is 975. The van der Waals surface area contributed by atoms with Crippen LogP contribution in [0.15, 0.2) is 53.7 Å². The molecule has 158 valence electrons. The molecule has 0 aromatic heterocycles. The first kappa shape index (κ1) is 21.6. The molecule has 1 atom stereocenters.